The van der Waals surface area contributed by atoms with Gasteiger partial charge in [-0.3, -0.25) is 9.69 Å². The molecule has 0 spiro atoms. The molecule has 0 fully saturated rings. The standard InChI is InChI=1S/C17H19N3OS/c1-13-6-7-22-16(13)10-19-17(21)12-20(2)11-15-5-3-4-14(8-15)9-18/h3-8H,10-12H2,1-2H3,(H,19,21). The predicted molar refractivity (Wildman–Crippen MR) is 88.4 cm³/mol. The average molecular weight is 313 g/mol. The molecule has 4 nitrogen and oxygen atoms in total. The van der Waals surface area contributed by atoms with Gasteiger partial charge in [-0.2, -0.15) is 5.26 Å². The van der Waals surface area contributed by atoms with E-state index in [-0.39, 0.29) is 5.91 Å². The predicted octanol–water partition coefficient (Wildman–Crippen LogP) is 2.68. The highest BCUT2D eigenvalue weighted by atomic mass is 32.1. The van der Waals surface area contributed by atoms with Crippen LogP contribution in [0.25, 0.3) is 0 Å². The minimum atomic E-state index is 0.00624. The maximum absolute atomic E-state index is 12.0. The Morgan fingerprint density at radius 2 is 2.23 bits per heavy atom. The normalized spacial score (nSPS) is 10.5. The number of thiophene rings is 1. The molecule has 114 valence electrons. The van der Waals surface area contributed by atoms with Crippen LogP contribution >= 0.6 is 11.3 Å². The van der Waals surface area contributed by atoms with Crippen LogP contribution in [0.15, 0.2) is 35.7 Å². The largest absolute Gasteiger partial charge is 0.350 e. The van der Waals surface area contributed by atoms with E-state index in [1.165, 1.54) is 10.4 Å². The summed E-state index contributed by atoms with van der Waals surface area (Å²) in [5, 5.41) is 13.9. The number of rotatable bonds is 6. The fraction of sp³-hybridized carbons (Fsp3) is 0.294. The number of carbonyl (C=O) groups excluding carboxylic acids is 1. The average Bonchev–Trinajstić information content (AvgIpc) is 2.90. The van der Waals surface area contributed by atoms with E-state index >= 15 is 0 Å². The number of carbonyl (C=O) groups is 1. The first-order chi connectivity index (χ1) is 10.6. The quantitative estimate of drug-likeness (QED) is 0.892. The number of benzene rings is 1. The Bertz CT molecular complexity index is 687. The minimum absolute atomic E-state index is 0.00624. The van der Waals surface area contributed by atoms with Crippen LogP contribution in [-0.2, 0) is 17.9 Å². The molecule has 2 rings (SSSR count). The number of aryl methyl sites for hydroxylation is 1. The number of nitrogens with one attached hydrogen (secondary N) is 1. The van der Waals surface area contributed by atoms with E-state index in [0.29, 0.717) is 25.2 Å². The highest BCUT2D eigenvalue weighted by molar-refractivity contribution is 7.10. The van der Waals surface area contributed by atoms with Crippen molar-refractivity contribution in [2.45, 2.75) is 20.0 Å². The minimum Gasteiger partial charge on any atom is -0.350 e. The van der Waals surface area contributed by atoms with Gasteiger partial charge in [0.15, 0.2) is 0 Å². The van der Waals surface area contributed by atoms with E-state index in [1.54, 1.807) is 17.4 Å². The third-order valence-electron chi connectivity index (χ3n) is 3.34. The molecule has 0 aliphatic carbocycles. The van der Waals surface area contributed by atoms with Crippen molar-refractivity contribution >= 4 is 17.2 Å². The summed E-state index contributed by atoms with van der Waals surface area (Å²) in [6.45, 7) is 3.61. The molecule has 0 bridgehead atoms. The lowest BCUT2D eigenvalue weighted by Gasteiger charge is -2.16. The zero-order valence-electron chi connectivity index (χ0n) is 12.8. The fourth-order valence-corrected chi connectivity index (χ4v) is 3.02. The zero-order chi connectivity index (χ0) is 15.9. The van der Waals surface area contributed by atoms with Gasteiger partial charge in [0.1, 0.15) is 0 Å². The summed E-state index contributed by atoms with van der Waals surface area (Å²) in [5.74, 6) is 0.00624. The molecule has 5 heteroatoms. The highest BCUT2D eigenvalue weighted by Crippen LogP contribution is 2.14. The third kappa shape index (κ3) is 4.69. The van der Waals surface area contributed by atoms with Crippen LogP contribution in [-0.4, -0.2) is 24.4 Å². The molecule has 0 unspecified atom stereocenters. The van der Waals surface area contributed by atoms with Gasteiger partial charge in [0.05, 0.1) is 24.7 Å². The lowest BCUT2D eigenvalue weighted by Crippen LogP contribution is -2.34. The van der Waals surface area contributed by atoms with Gasteiger partial charge in [0, 0.05) is 11.4 Å². The first-order valence-electron chi connectivity index (χ1n) is 7.05. The van der Waals surface area contributed by atoms with Crippen LogP contribution in [0.5, 0.6) is 0 Å². The molecule has 1 aromatic heterocycles. The van der Waals surface area contributed by atoms with Gasteiger partial charge in [0.2, 0.25) is 5.91 Å². The maximum atomic E-state index is 12.0. The Morgan fingerprint density at radius 3 is 2.91 bits per heavy atom. The van der Waals surface area contributed by atoms with Gasteiger partial charge in [-0.1, -0.05) is 12.1 Å². The van der Waals surface area contributed by atoms with E-state index in [2.05, 4.69) is 17.5 Å². The summed E-state index contributed by atoms with van der Waals surface area (Å²) in [6.07, 6.45) is 0. The Balaban J connectivity index is 1.81. The molecule has 0 aliphatic heterocycles. The van der Waals surface area contributed by atoms with Crippen molar-refractivity contribution in [2.24, 2.45) is 0 Å². The molecule has 1 amide bonds. The van der Waals surface area contributed by atoms with Crippen molar-refractivity contribution in [2.75, 3.05) is 13.6 Å². The molecule has 0 aliphatic rings. The van der Waals surface area contributed by atoms with Crippen LogP contribution < -0.4 is 5.32 Å². The highest BCUT2D eigenvalue weighted by Gasteiger charge is 2.08. The van der Waals surface area contributed by atoms with Crippen molar-refractivity contribution < 1.29 is 4.79 Å². The van der Waals surface area contributed by atoms with Gasteiger partial charge in [-0.25, -0.2) is 0 Å². The molecule has 0 saturated heterocycles. The van der Waals surface area contributed by atoms with E-state index < -0.39 is 0 Å². The third-order valence-corrected chi connectivity index (χ3v) is 4.36. The Morgan fingerprint density at radius 1 is 1.41 bits per heavy atom. The second-order valence-corrected chi connectivity index (χ2v) is 6.29. The summed E-state index contributed by atoms with van der Waals surface area (Å²) in [7, 11) is 1.90. The first kappa shape index (κ1) is 16.2. The number of hydrogen-bond acceptors (Lipinski definition) is 4. The van der Waals surface area contributed by atoms with Gasteiger partial charge in [-0.05, 0) is 48.7 Å². The molecule has 0 radical (unpaired) electrons. The Labute approximate surface area is 135 Å². The fourth-order valence-electron chi connectivity index (χ4n) is 2.17. The molecule has 2 aromatic rings. The number of hydrogen-bond donors (Lipinski definition) is 1. The first-order valence-corrected chi connectivity index (χ1v) is 7.93. The molecule has 1 aromatic carbocycles. The summed E-state index contributed by atoms with van der Waals surface area (Å²) in [6, 6.07) is 11.6. The van der Waals surface area contributed by atoms with E-state index in [0.717, 1.165) is 5.56 Å². The van der Waals surface area contributed by atoms with Crippen LogP contribution in [0.2, 0.25) is 0 Å². The maximum Gasteiger partial charge on any atom is 0.234 e. The van der Waals surface area contributed by atoms with Crippen LogP contribution in [0.3, 0.4) is 0 Å². The Hall–Kier alpha value is -2.16. The van der Waals surface area contributed by atoms with Crippen molar-refractivity contribution in [1.82, 2.24) is 10.2 Å². The van der Waals surface area contributed by atoms with Crippen LogP contribution in [0, 0.1) is 18.3 Å². The van der Waals surface area contributed by atoms with E-state index in [4.69, 9.17) is 5.26 Å². The van der Waals surface area contributed by atoms with Crippen molar-refractivity contribution in [3.63, 3.8) is 0 Å². The van der Waals surface area contributed by atoms with Gasteiger partial charge in [-0.15, -0.1) is 11.3 Å². The summed E-state index contributed by atoms with van der Waals surface area (Å²) in [5.41, 5.74) is 2.89. The summed E-state index contributed by atoms with van der Waals surface area (Å²) < 4.78 is 0. The van der Waals surface area contributed by atoms with Crippen LogP contribution in [0.4, 0.5) is 0 Å². The molecule has 22 heavy (non-hydrogen) atoms. The lowest BCUT2D eigenvalue weighted by molar-refractivity contribution is -0.122. The van der Waals surface area contributed by atoms with Gasteiger partial charge >= 0.3 is 0 Å². The number of amides is 1. The summed E-state index contributed by atoms with van der Waals surface area (Å²) >= 11 is 1.66. The zero-order valence-corrected chi connectivity index (χ0v) is 13.6. The van der Waals surface area contributed by atoms with Gasteiger partial charge in [0.25, 0.3) is 0 Å². The Kier molecular flexibility index (Phi) is 5.70. The van der Waals surface area contributed by atoms with Crippen molar-refractivity contribution in [3.8, 4) is 6.07 Å². The molecule has 1 heterocycles. The number of nitriles is 1. The van der Waals surface area contributed by atoms with E-state index in [9.17, 15) is 4.79 Å². The molecular formula is C17H19N3OS. The van der Waals surface area contributed by atoms with Gasteiger partial charge < -0.3 is 5.32 Å². The topological polar surface area (TPSA) is 56.1 Å². The van der Waals surface area contributed by atoms with E-state index in [1.807, 2.05) is 42.5 Å². The van der Waals surface area contributed by atoms with Crippen LogP contribution in [0.1, 0.15) is 21.6 Å². The van der Waals surface area contributed by atoms with Crippen molar-refractivity contribution in [1.29, 1.82) is 5.26 Å². The molecular weight excluding hydrogens is 294 g/mol. The van der Waals surface area contributed by atoms with Crippen molar-refractivity contribution in [3.05, 3.63) is 57.3 Å². The SMILES string of the molecule is Cc1ccsc1CNC(=O)CN(C)Cc1cccc(C#N)c1. The molecule has 0 saturated carbocycles. The second kappa shape index (κ2) is 7.74. The smallest absolute Gasteiger partial charge is 0.234 e. The molecule has 1 N–H and O–H groups in total. The molecule has 0 atom stereocenters. The lowest BCUT2D eigenvalue weighted by atomic mass is 10.1. The number of likely N-dealkylation sites (N-methyl/N-ethyl adjacent to an activating group) is 1. The second-order valence-electron chi connectivity index (χ2n) is 5.29. The number of nitrogens with zero attached hydrogens (tertiary/aromatic N) is 2. The monoisotopic (exact) mass is 313 g/mol. The summed E-state index contributed by atoms with van der Waals surface area (Å²) in [4.78, 5) is 15.1.